The minimum Gasteiger partial charge on any atom is -0.496 e. The number of carboxylic acids is 1. The van der Waals surface area contributed by atoms with Crippen LogP contribution in [0.2, 0.25) is 0 Å². The van der Waals surface area contributed by atoms with Gasteiger partial charge in [-0.15, -0.1) is 0 Å². The Morgan fingerprint density at radius 3 is 2.06 bits per heavy atom. The minimum absolute atomic E-state index is 0.208. The summed E-state index contributed by atoms with van der Waals surface area (Å²) in [5.41, 5.74) is 1.04. The number of carboxylic acid groups (broad SMARTS) is 1. The molecule has 0 fully saturated rings. The number of hydrogen-bond donors (Lipinski definition) is 2. The van der Waals surface area contributed by atoms with E-state index in [0.717, 1.165) is 0 Å². The summed E-state index contributed by atoms with van der Waals surface area (Å²) in [6.45, 7) is 0. The smallest absolute Gasteiger partial charge is 0.311 e. The standard InChI is InChI=1S/C23H24ClNO8/c1-30-14-10-19(32-3)15(20(11-14)33-4)6-8-22(27)25-13-5-7-18(31-2)16(9-13)17(23(28)29)12-21(24)26/h5-11,17H,12H2,1-4H3,(H,25,27)(H,28,29)/b8-6+. The van der Waals surface area contributed by atoms with Gasteiger partial charge in [-0.05, 0) is 35.9 Å². The topological polar surface area (TPSA) is 120 Å². The molecule has 2 aromatic carbocycles. The van der Waals surface area contributed by atoms with Crippen LogP contribution in [-0.4, -0.2) is 50.7 Å². The van der Waals surface area contributed by atoms with Crippen LogP contribution in [-0.2, 0) is 14.4 Å². The number of carbonyl (C=O) groups excluding carboxylic acids is 2. The molecule has 1 atom stereocenters. The van der Waals surface area contributed by atoms with Gasteiger partial charge in [0.2, 0.25) is 11.1 Å². The Hall–Kier alpha value is -3.72. The average Bonchev–Trinajstić information content (AvgIpc) is 2.80. The van der Waals surface area contributed by atoms with Crippen molar-refractivity contribution < 1.29 is 38.4 Å². The second kappa shape index (κ2) is 11.8. The van der Waals surface area contributed by atoms with E-state index in [-0.39, 0.29) is 11.3 Å². The first-order chi connectivity index (χ1) is 15.7. The van der Waals surface area contributed by atoms with Crippen LogP contribution in [0.3, 0.4) is 0 Å². The molecule has 2 N–H and O–H groups in total. The number of rotatable bonds is 11. The molecule has 1 unspecified atom stereocenters. The molecule has 1 amide bonds. The molecule has 0 heterocycles. The van der Waals surface area contributed by atoms with E-state index in [0.29, 0.717) is 28.5 Å². The van der Waals surface area contributed by atoms with Gasteiger partial charge in [-0.3, -0.25) is 14.4 Å². The molecule has 0 aliphatic carbocycles. The van der Waals surface area contributed by atoms with Gasteiger partial charge in [0, 0.05) is 35.9 Å². The highest BCUT2D eigenvalue weighted by Crippen LogP contribution is 2.35. The first-order valence-electron chi connectivity index (χ1n) is 9.62. The van der Waals surface area contributed by atoms with Crippen molar-refractivity contribution in [1.82, 2.24) is 0 Å². The molecule has 0 spiro atoms. The zero-order valence-electron chi connectivity index (χ0n) is 18.5. The van der Waals surface area contributed by atoms with Crippen molar-refractivity contribution in [2.75, 3.05) is 33.8 Å². The molecule has 176 valence electrons. The van der Waals surface area contributed by atoms with Crippen molar-refractivity contribution in [3.63, 3.8) is 0 Å². The summed E-state index contributed by atoms with van der Waals surface area (Å²) in [5.74, 6) is -1.31. The normalized spacial score (nSPS) is 11.5. The van der Waals surface area contributed by atoms with E-state index in [1.165, 1.54) is 52.7 Å². The van der Waals surface area contributed by atoms with Gasteiger partial charge >= 0.3 is 5.97 Å². The van der Waals surface area contributed by atoms with Crippen LogP contribution in [0, 0.1) is 0 Å². The van der Waals surface area contributed by atoms with E-state index in [1.54, 1.807) is 18.2 Å². The van der Waals surface area contributed by atoms with E-state index >= 15 is 0 Å². The monoisotopic (exact) mass is 477 g/mol. The molecule has 0 bridgehead atoms. The number of aliphatic carboxylic acids is 1. The van der Waals surface area contributed by atoms with E-state index in [4.69, 9.17) is 30.5 Å². The highest BCUT2D eigenvalue weighted by Gasteiger charge is 2.26. The Morgan fingerprint density at radius 2 is 1.58 bits per heavy atom. The van der Waals surface area contributed by atoms with Crippen molar-refractivity contribution in [3.8, 4) is 23.0 Å². The zero-order valence-corrected chi connectivity index (χ0v) is 19.3. The second-order valence-corrected chi connectivity index (χ2v) is 7.10. The zero-order chi connectivity index (χ0) is 24.5. The van der Waals surface area contributed by atoms with Gasteiger partial charge in [0.05, 0.1) is 39.9 Å². The summed E-state index contributed by atoms with van der Waals surface area (Å²) >= 11 is 5.40. The number of amides is 1. The molecular weight excluding hydrogens is 454 g/mol. The Bertz CT molecular complexity index is 1040. The highest BCUT2D eigenvalue weighted by atomic mass is 35.5. The van der Waals surface area contributed by atoms with E-state index in [1.807, 2.05) is 0 Å². The predicted molar refractivity (Wildman–Crippen MR) is 123 cm³/mol. The van der Waals surface area contributed by atoms with Gasteiger partial charge in [0.1, 0.15) is 23.0 Å². The van der Waals surface area contributed by atoms with Crippen LogP contribution in [0.25, 0.3) is 6.08 Å². The van der Waals surface area contributed by atoms with Crippen molar-refractivity contribution in [1.29, 1.82) is 0 Å². The maximum Gasteiger partial charge on any atom is 0.311 e. The summed E-state index contributed by atoms with van der Waals surface area (Å²) in [6.07, 6.45) is 2.36. The molecule has 0 radical (unpaired) electrons. The molecule has 9 nitrogen and oxygen atoms in total. The molecule has 0 saturated carbocycles. The fourth-order valence-electron chi connectivity index (χ4n) is 3.12. The quantitative estimate of drug-likeness (QED) is 0.371. The number of ether oxygens (including phenoxy) is 4. The lowest BCUT2D eigenvalue weighted by atomic mass is 9.95. The van der Waals surface area contributed by atoms with Gasteiger partial charge in [-0.1, -0.05) is 0 Å². The van der Waals surface area contributed by atoms with Gasteiger partial charge in [0.25, 0.3) is 0 Å². The van der Waals surface area contributed by atoms with Gasteiger partial charge < -0.3 is 29.4 Å². The average molecular weight is 478 g/mol. The molecule has 0 aliphatic rings. The molecular formula is C23H24ClNO8. The molecule has 33 heavy (non-hydrogen) atoms. The number of benzene rings is 2. The van der Waals surface area contributed by atoms with Crippen molar-refractivity contribution >= 4 is 40.5 Å². The first-order valence-corrected chi connectivity index (χ1v) is 9.99. The van der Waals surface area contributed by atoms with E-state index in [2.05, 4.69) is 5.32 Å². The summed E-state index contributed by atoms with van der Waals surface area (Å²) in [4.78, 5) is 35.5. The van der Waals surface area contributed by atoms with Crippen molar-refractivity contribution in [3.05, 3.63) is 47.5 Å². The molecule has 0 saturated heterocycles. The number of nitrogens with one attached hydrogen (secondary N) is 1. The number of carbonyl (C=O) groups is 3. The predicted octanol–water partition coefficient (Wildman–Crippen LogP) is 3.70. The third-order valence-electron chi connectivity index (χ3n) is 4.69. The maximum atomic E-state index is 12.5. The number of halogens is 1. The van der Waals surface area contributed by atoms with Gasteiger partial charge in [0.15, 0.2) is 0 Å². The second-order valence-electron chi connectivity index (χ2n) is 6.67. The lowest BCUT2D eigenvalue weighted by Gasteiger charge is -2.16. The Kier molecular flexibility index (Phi) is 9.11. The van der Waals surface area contributed by atoms with E-state index < -0.39 is 29.5 Å². The summed E-state index contributed by atoms with van der Waals surface area (Å²) in [5, 5.41) is 11.4. The van der Waals surface area contributed by atoms with Gasteiger partial charge in [-0.25, -0.2) is 0 Å². The van der Waals surface area contributed by atoms with Crippen LogP contribution in [0.15, 0.2) is 36.4 Å². The number of methoxy groups -OCH3 is 4. The van der Waals surface area contributed by atoms with Crippen LogP contribution < -0.4 is 24.3 Å². The Labute approximate surface area is 195 Å². The first kappa shape index (κ1) is 25.5. The van der Waals surface area contributed by atoms with Crippen LogP contribution in [0.4, 0.5) is 5.69 Å². The summed E-state index contributed by atoms with van der Waals surface area (Å²) < 4.78 is 21.1. The fraction of sp³-hybridized carbons (Fsp3) is 0.261. The van der Waals surface area contributed by atoms with Crippen LogP contribution in [0.1, 0.15) is 23.5 Å². The van der Waals surface area contributed by atoms with Crippen molar-refractivity contribution in [2.45, 2.75) is 12.3 Å². The third-order valence-corrected chi connectivity index (χ3v) is 4.84. The lowest BCUT2D eigenvalue weighted by Crippen LogP contribution is -2.16. The Morgan fingerprint density at radius 1 is 0.970 bits per heavy atom. The van der Waals surface area contributed by atoms with E-state index in [9.17, 15) is 19.5 Å². The van der Waals surface area contributed by atoms with Gasteiger partial charge in [-0.2, -0.15) is 0 Å². The summed E-state index contributed by atoms with van der Waals surface area (Å²) in [7, 11) is 5.85. The number of hydrogen-bond acceptors (Lipinski definition) is 7. The molecule has 10 heteroatoms. The molecule has 0 aliphatic heterocycles. The SMILES string of the molecule is COc1cc(OC)c(/C=C/C(=O)Nc2ccc(OC)c(C(CC(=O)Cl)C(=O)O)c2)c(OC)c1. The molecule has 2 aromatic rings. The maximum absolute atomic E-state index is 12.5. The van der Waals surface area contributed by atoms with Crippen LogP contribution in [0.5, 0.6) is 23.0 Å². The summed E-state index contributed by atoms with van der Waals surface area (Å²) in [6, 6.07) is 7.78. The molecule has 0 aromatic heterocycles. The fourth-order valence-corrected chi connectivity index (χ4v) is 3.27. The largest absolute Gasteiger partial charge is 0.496 e. The minimum atomic E-state index is -1.25. The highest BCUT2D eigenvalue weighted by molar-refractivity contribution is 6.63. The van der Waals surface area contributed by atoms with Crippen LogP contribution >= 0.6 is 11.6 Å². The molecule has 2 rings (SSSR count). The number of anilines is 1. The third kappa shape index (κ3) is 6.63. The Balaban J connectivity index is 2.32. The lowest BCUT2D eigenvalue weighted by molar-refractivity contribution is -0.140. The van der Waals surface area contributed by atoms with Crippen molar-refractivity contribution in [2.24, 2.45) is 0 Å².